The Morgan fingerprint density at radius 3 is 2.86 bits per heavy atom. The predicted octanol–water partition coefficient (Wildman–Crippen LogP) is -0.211. The summed E-state index contributed by atoms with van der Waals surface area (Å²) in [4.78, 5) is 32.2. The van der Waals surface area contributed by atoms with E-state index in [9.17, 15) is 14.4 Å². The molecule has 0 radical (unpaired) electrons. The van der Waals surface area contributed by atoms with Crippen LogP contribution in [0.3, 0.4) is 0 Å². The third-order valence-electron chi connectivity index (χ3n) is 1.62. The first-order chi connectivity index (χ1) is 6.56. The Labute approximate surface area is 80.0 Å². The predicted molar refractivity (Wildman–Crippen MR) is 44.9 cm³/mol. The average molecular weight is 196 g/mol. The molecule has 1 aliphatic rings. The highest BCUT2D eigenvalue weighted by Gasteiger charge is 2.35. The zero-order valence-corrected chi connectivity index (χ0v) is 7.53. The van der Waals surface area contributed by atoms with Crippen LogP contribution in [0.25, 0.3) is 0 Å². The van der Waals surface area contributed by atoms with E-state index < -0.39 is 18.0 Å². The number of esters is 2. The first-order valence-electron chi connectivity index (χ1n) is 3.85. The van der Waals surface area contributed by atoms with E-state index in [0.29, 0.717) is 0 Å². The van der Waals surface area contributed by atoms with Gasteiger partial charge in [0.2, 0.25) is 0 Å². The Morgan fingerprint density at radius 1 is 1.71 bits per heavy atom. The molecule has 0 bridgehead atoms. The van der Waals surface area contributed by atoms with Crippen molar-refractivity contribution in [1.29, 1.82) is 0 Å². The molecule has 1 aliphatic heterocycles. The first-order valence-corrected chi connectivity index (χ1v) is 3.85. The van der Waals surface area contributed by atoms with E-state index in [1.807, 2.05) is 0 Å². The fourth-order valence-corrected chi connectivity index (χ4v) is 0.874. The van der Waals surface area contributed by atoms with Crippen molar-refractivity contribution in [2.75, 3.05) is 6.61 Å². The van der Waals surface area contributed by atoms with E-state index >= 15 is 0 Å². The van der Waals surface area contributed by atoms with E-state index in [2.05, 4.69) is 11.3 Å². The largest absolute Gasteiger partial charge is 0.457 e. The van der Waals surface area contributed by atoms with Crippen molar-refractivity contribution in [3.8, 4) is 0 Å². The van der Waals surface area contributed by atoms with Crippen LogP contribution in [0, 0.1) is 0 Å². The maximum atomic E-state index is 11.0. The minimum absolute atomic E-state index is 0.136. The molecule has 0 aromatic rings. The van der Waals surface area contributed by atoms with E-state index in [-0.39, 0.29) is 17.8 Å². The third-order valence-corrected chi connectivity index (χ3v) is 1.62. The van der Waals surface area contributed by atoms with Gasteiger partial charge in [-0.05, 0) is 6.92 Å². The van der Waals surface area contributed by atoms with Gasteiger partial charge in [-0.25, -0.2) is 14.4 Å². The molecule has 1 rings (SSSR count). The average Bonchev–Trinajstić information content (AvgIpc) is 2.46. The molecule has 5 heteroatoms. The number of carbonyl (C=O) groups excluding carboxylic acids is 3. The highest BCUT2D eigenvalue weighted by molar-refractivity contribution is 6.00. The van der Waals surface area contributed by atoms with Gasteiger partial charge in [-0.2, -0.15) is 0 Å². The van der Waals surface area contributed by atoms with Gasteiger partial charge in [-0.15, -0.1) is 0 Å². The van der Waals surface area contributed by atoms with Gasteiger partial charge in [0, 0.05) is 5.57 Å². The Morgan fingerprint density at radius 2 is 2.36 bits per heavy atom. The molecule has 0 N–H and O–H groups in total. The molecule has 0 aliphatic carbocycles. The molecule has 1 heterocycles. The van der Waals surface area contributed by atoms with Gasteiger partial charge in [0.15, 0.2) is 11.7 Å². The second-order valence-electron chi connectivity index (χ2n) is 2.79. The fraction of sp³-hybridized carbons (Fsp3) is 0.333. The number of ether oxygens (including phenoxy) is 2. The summed E-state index contributed by atoms with van der Waals surface area (Å²) < 4.78 is 9.27. The van der Waals surface area contributed by atoms with E-state index in [1.54, 1.807) is 0 Å². The summed E-state index contributed by atoms with van der Waals surface area (Å²) >= 11 is 0. The number of hydrogen-bond donors (Lipinski definition) is 0. The van der Waals surface area contributed by atoms with Crippen LogP contribution in [0.1, 0.15) is 6.92 Å². The Bertz CT molecular complexity index is 348. The van der Waals surface area contributed by atoms with Crippen LogP contribution < -0.4 is 0 Å². The summed E-state index contributed by atoms with van der Waals surface area (Å²) in [6, 6.07) is 0. The summed E-state index contributed by atoms with van der Waals surface area (Å²) in [5.74, 6) is -0.0645. The Hall–Kier alpha value is -1.87. The lowest BCUT2D eigenvalue weighted by molar-refractivity contribution is -0.143. The maximum absolute atomic E-state index is 11.0. The van der Waals surface area contributed by atoms with Gasteiger partial charge in [0.05, 0.1) is 0 Å². The molecule has 14 heavy (non-hydrogen) atoms. The van der Waals surface area contributed by atoms with Crippen LogP contribution in [0.5, 0.6) is 0 Å². The third kappa shape index (κ3) is 1.89. The number of carbonyl (C=O) groups is 2. The van der Waals surface area contributed by atoms with Crippen LogP contribution in [0.2, 0.25) is 0 Å². The zero-order valence-electron chi connectivity index (χ0n) is 7.53. The standard InChI is InChI=1S/C9H8O5/c1-5(2)8(11)14-7-4-13-9(12)6(7)3-10/h7H,1,4H2,2H3. The van der Waals surface area contributed by atoms with Gasteiger partial charge in [-0.3, -0.25) is 0 Å². The zero-order chi connectivity index (χ0) is 10.7. The molecule has 1 saturated heterocycles. The molecule has 0 aromatic heterocycles. The van der Waals surface area contributed by atoms with Crippen molar-refractivity contribution in [3.63, 3.8) is 0 Å². The maximum Gasteiger partial charge on any atom is 0.349 e. The molecule has 74 valence electrons. The van der Waals surface area contributed by atoms with Crippen LogP contribution in [-0.2, 0) is 23.9 Å². The van der Waals surface area contributed by atoms with E-state index in [1.165, 1.54) is 12.9 Å². The second kappa shape index (κ2) is 3.89. The van der Waals surface area contributed by atoms with Gasteiger partial charge in [0.25, 0.3) is 0 Å². The molecule has 1 fully saturated rings. The molecule has 1 unspecified atom stereocenters. The van der Waals surface area contributed by atoms with Crippen LogP contribution >= 0.6 is 0 Å². The number of rotatable bonds is 2. The van der Waals surface area contributed by atoms with E-state index in [4.69, 9.17) is 4.74 Å². The van der Waals surface area contributed by atoms with Crippen LogP contribution in [0.4, 0.5) is 0 Å². The summed E-state index contributed by atoms with van der Waals surface area (Å²) in [6.45, 7) is 4.69. The Kier molecular flexibility index (Phi) is 2.84. The summed E-state index contributed by atoms with van der Waals surface area (Å²) in [5.41, 5.74) is -0.103. The SMILES string of the molecule is C=C(C)C(=O)OC1COC(=O)C1=C=O. The van der Waals surface area contributed by atoms with Crippen LogP contribution in [-0.4, -0.2) is 30.6 Å². The fourth-order valence-electron chi connectivity index (χ4n) is 0.874. The van der Waals surface area contributed by atoms with Gasteiger partial charge in [0.1, 0.15) is 12.5 Å². The van der Waals surface area contributed by atoms with Gasteiger partial charge < -0.3 is 9.47 Å². The van der Waals surface area contributed by atoms with Crippen molar-refractivity contribution in [3.05, 3.63) is 17.7 Å². The molecule has 0 spiro atoms. The molecule has 1 atom stereocenters. The number of cyclic esters (lactones) is 1. The lowest BCUT2D eigenvalue weighted by atomic mass is 10.2. The van der Waals surface area contributed by atoms with E-state index in [0.717, 1.165) is 0 Å². The second-order valence-corrected chi connectivity index (χ2v) is 2.79. The lowest BCUT2D eigenvalue weighted by Crippen LogP contribution is -2.21. The van der Waals surface area contributed by atoms with Gasteiger partial charge in [-0.1, -0.05) is 6.58 Å². The smallest absolute Gasteiger partial charge is 0.349 e. The molecule has 0 aromatic carbocycles. The van der Waals surface area contributed by atoms with Crippen molar-refractivity contribution in [2.24, 2.45) is 0 Å². The molecule has 0 amide bonds. The van der Waals surface area contributed by atoms with Crippen molar-refractivity contribution in [1.82, 2.24) is 0 Å². The summed E-state index contributed by atoms with van der Waals surface area (Å²) in [7, 11) is 0. The minimum Gasteiger partial charge on any atom is -0.457 e. The van der Waals surface area contributed by atoms with Crippen molar-refractivity contribution in [2.45, 2.75) is 13.0 Å². The summed E-state index contributed by atoms with van der Waals surface area (Å²) in [5, 5.41) is 0. The molecule has 0 saturated carbocycles. The first kappa shape index (κ1) is 10.2. The summed E-state index contributed by atoms with van der Waals surface area (Å²) in [6.07, 6.45) is -0.954. The monoisotopic (exact) mass is 196 g/mol. The molecule has 5 nitrogen and oxygen atoms in total. The van der Waals surface area contributed by atoms with Gasteiger partial charge >= 0.3 is 11.9 Å². The normalized spacial score (nSPS) is 19.9. The quantitative estimate of drug-likeness (QED) is 0.347. The van der Waals surface area contributed by atoms with Crippen molar-refractivity contribution >= 4 is 17.9 Å². The van der Waals surface area contributed by atoms with Crippen molar-refractivity contribution < 1.29 is 23.9 Å². The topological polar surface area (TPSA) is 69.7 Å². The minimum atomic E-state index is -0.954. The highest BCUT2D eigenvalue weighted by atomic mass is 16.6. The highest BCUT2D eigenvalue weighted by Crippen LogP contribution is 2.15. The number of hydrogen-bond acceptors (Lipinski definition) is 5. The van der Waals surface area contributed by atoms with Crippen LogP contribution in [0.15, 0.2) is 17.7 Å². The Balaban J connectivity index is 2.72. The molecular weight excluding hydrogens is 188 g/mol. The molecular formula is C9H8O5. The lowest BCUT2D eigenvalue weighted by Gasteiger charge is -2.07.